The maximum atomic E-state index is 6.14. The molecule has 0 saturated heterocycles. The molecule has 1 rings (SSSR count). The molecular formula is C11H16Cl2N2. The van der Waals surface area contributed by atoms with Gasteiger partial charge in [-0.25, -0.2) is 0 Å². The molecule has 84 valence electrons. The summed E-state index contributed by atoms with van der Waals surface area (Å²) in [7, 11) is 0. The van der Waals surface area contributed by atoms with Crippen LogP contribution in [0.2, 0.25) is 10.0 Å². The second kappa shape index (κ2) is 6.33. The number of hydrogen-bond acceptors (Lipinski definition) is 2. The molecule has 1 aromatic rings. The summed E-state index contributed by atoms with van der Waals surface area (Å²) in [6.45, 7) is 2.88. The first-order valence-corrected chi connectivity index (χ1v) is 5.83. The van der Waals surface area contributed by atoms with Crippen LogP contribution in [0.5, 0.6) is 0 Å². The molecule has 15 heavy (non-hydrogen) atoms. The van der Waals surface area contributed by atoms with Gasteiger partial charge in [0.2, 0.25) is 0 Å². The molecule has 0 aromatic heterocycles. The largest absolute Gasteiger partial charge is 0.271 e. The minimum absolute atomic E-state index is 0.352. The molecule has 0 heterocycles. The topological polar surface area (TPSA) is 38.0 Å². The summed E-state index contributed by atoms with van der Waals surface area (Å²) in [5, 5.41) is 1.39. The van der Waals surface area contributed by atoms with Crippen molar-refractivity contribution < 1.29 is 0 Å². The zero-order valence-electron chi connectivity index (χ0n) is 8.76. The standard InChI is InChI=1S/C11H16Cl2N2/c1-2-3-8(7-15-14)10-5-4-9(12)6-11(10)13/h4-6,8,15H,2-3,7,14H2,1H3. The summed E-state index contributed by atoms with van der Waals surface area (Å²) in [5.74, 6) is 5.71. The van der Waals surface area contributed by atoms with Gasteiger partial charge in [-0.1, -0.05) is 42.6 Å². The van der Waals surface area contributed by atoms with Gasteiger partial charge in [0.25, 0.3) is 0 Å². The van der Waals surface area contributed by atoms with Crippen LogP contribution < -0.4 is 11.3 Å². The van der Waals surface area contributed by atoms with Crippen LogP contribution in [-0.2, 0) is 0 Å². The van der Waals surface area contributed by atoms with E-state index in [4.69, 9.17) is 29.0 Å². The number of nitrogens with one attached hydrogen (secondary N) is 1. The molecule has 1 aromatic carbocycles. The molecule has 0 amide bonds. The van der Waals surface area contributed by atoms with Crippen LogP contribution in [-0.4, -0.2) is 6.54 Å². The highest BCUT2D eigenvalue weighted by Crippen LogP contribution is 2.29. The first-order valence-electron chi connectivity index (χ1n) is 5.07. The highest BCUT2D eigenvalue weighted by molar-refractivity contribution is 6.35. The monoisotopic (exact) mass is 246 g/mol. The summed E-state index contributed by atoms with van der Waals surface area (Å²) in [6, 6.07) is 5.61. The van der Waals surface area contributed by atoms with Gasteiger partial charge in [0.15, 0.2) is 0 Å². The third kappa shape index (κ3) is 3.65. The zero-order valence-corrected chi connectivity index (χ0v) is 10.3. The van der Waals surface area contributed by atoms with Gasteiger partial charge in [-0.3, -0.25) is 11.3 Å². The normalized spacial score (nSPS) is 12.8. The van der Waals surface area contributed by atoms with Gasteiger partial charge in [0, 0.05) is 16.6 Å². The van der Waals surface area contributed by atoms with Crippen LogP contribution in [0.25, 0.3) is 0 Å². The summed E-state index contributed by atoms with van der Waals surface area (Å²) in [5.41, 5.74) is 3.81. The van der Waals surface area contributed by atoms with Gasteiger partial charge in [-0.2, -0.15) is 0 Å². The van der Waals surface area contributed by atoms with Crippen molar-refractivity contribution in [2.75, 3.05) is 6.54 Å². The molecule has 0 spiro atoms. The Morgan fingerprint density at radius 2 is 2.13 bits per heavy atom. The molecule has 4 heteroatoms. The van der Waals surface area contributed by atoms with Crippen LogP contribution in [0, 0.1) is 0 Å². The van der Waals surface area contributed by atoms with E-state index in [-0.39, 0.29) is 0 Å². The Bertz CT molecular complexity index is 309. The van der Waals surface area contributed by atoms with E-state index in [1.807, 2.05) is 12.1 Å². The molecule has 0 aliphatic heterocycles. The molecule has 0 radical (unpaired) electrons. The number of halogens is 2. The van der Waals surface area contributed by atoms with Crippen molar-refractivity contribution in [3.63, 3.8) is 0 Å². The van der Waals surface area contributed by atoms with Gasteiger partial charge in [0.1, 0.15) is 0 Å². The molecule has 0 aliphatic carbocycles. The maximum absolute atomic E-state index is 6.14. The Morgan fingerprint density at radius 1 is 1.40 bits per heavy atom. The zero-order chi connectivity index (χ0) is 11.3. The lowest BCUT2D eigenvalue weighted by molar-refractivity contribution is 0.556. The minimum atomic E-state index is 0.352. The van der Waals surface area contributed by atoms with Crippen LogP contribution in [0.1, 0.15) is 31.2 Å². The Labute approximate surface area is 101 Å². The third-order valence-electron chi connectivity index (χ3n) is 2.40. The van der Waals surface area contributed by atoms with Gasteiger partial charge in [-0.05, 0) is 30.0 Å². The summed E-state index contributed by atoms with van der Waals surface area (Å²) < 4.78 is 0. The van der Waals surface area contributed by atoms with E-state index in [0.717, 1.165) is 30.0 Å². The van der Waals surface area contributed by atoms with Gasteiger partial charge < -0.3 is 0 Å². The SMILES string of the molecule is CCCC(CNN)c1ccc(Cl)cc1Cl. The number of hydrogen-bond donors (Lipinski definition) is 2. The lowest BCUT2D eigenvalue weighted by Gasteiger charge is -2.17. The Morgan fingerprint density at radius 3 is 2.67 bits per heavy atom. The van der Waals surface area contributed by atoms with Crippen molar-refractivity contribution in [3.05, 3.63) is 33.8 Å². The van der Waals surface area contributed by atoms with Gasteiger partial charge in [0.05, 0.1) is 0 Å². The molecule has 0 aliphatic rings. The smallest absolute Gasteiger partial charge is 0.0456 e. The van der Waals surface area contributed by atoms with Crippen molar-refractivity contribution in [2.45, 2.75) is 25.7 Å². The number of hydrazine groups is 1. The van der Waals surface area contributed by atoms with Gasteiger partial charge in [-0.15, -0.1) is 0 Å². The van der Waals surface area contributed by atoms with Crippen molar-refractivity contribution >= 4 is 23.2 Å². The van der Waals surface area contributed by atoms with Crippen LogP contribution in [0.15, 0.2) is 18.2 Å². The van der Waals surface area contributed by atoms with E-state index in [1.165, 1.54) is 0 Å². The van der Waals surface area contributed by atoms with E-state index >= 15 is 0 Å². The molecule has 2 nitrogen and oxygen atoms in total. The Hall–Kier alpha value is -0.280. The van der Waals surface area contributed by atoms with E-state index in [2.05, 4.69) is 12.3 Å². The quantitative estimate of drug-likeness (QED) is 0.618. The maximum Gasteiger partial charge on any atom is 0.0456 e. The molecule has 1 unspecified atom stereocenters. The van der Waals surface area contributed by atoms with E-state index < -0.39 is 0 Å². The van der Waals surface area contributed by atoms with Crippen LogP contribution in [0.4, 0.5) is 0 Å². The fourth-order valence-corrected chi connectivity index (χ4v) is 2.25. The van der Waals surface area contributed by atoms with Crippen molar-refractivity contribution in [1.82, 2.24) is 5.43 Å². The second-order valence-corrected chi connectivity index (χ2v) is 4.40. The van der Waals surface area contributed by atoms with Gasteiger partial charge >= 0.3 is 0 Å². The number of benzene rings is 1. The lowest BCUT2D eigenvalue weighted by Crippen LogP contribution is -2.27. The van der Waals surface area contributed by atoms with Crippen molar-refractivity contribution in [2.24, 2.45) is 5.84 Å². The predicted octanol–water partition coefficient (Wildman–Crippen LogP) is 3.34. The van der Waals surface area contributed by atoms with E-state index in [9.17, 15) is 0 Å². The van der Waals surface area contributed by atoms with Crippen LogP contribution in [0.3, 0.4) is 0 Å². The summed E-state index contributed by atoms with van der Waals surface area (Å²) in [4.78, 5) is 0. The van der Waals surface area contributed by atoms with Crippen molar-refractivity contribution in [3.8, 4) is 0 Å². The molecule has 0 saturated carbocycles. The van der Waals surface area contributed by atoms with Crippen LogP contribution >= 0.6 is 23.2 Å². The Kier molecular flexibility index (Phi) is 5.40. The fraction of sp³-hybridized carbons (Fsp3) is 0.455. The average molecular weight is 247 g/mol. The van der Waals surface area contributed by atoms with E-state index in [1.54, 1.807) is 6.07 Å². The average Bonchev–Trinajstić information content (AvgIpc) is 2.17. The molecule has 0 bridgehead atoms. The summed E-state index contributed by atoms with van der Waals surface area (Å²) >= 11 is 12.0. The molecule has 1 atom stereocenters. The molecular weight excluding hydrogens is 231 g/mol. The first-order chi connectivity index (χ1) is 7.19. The summed E-state index contributed by atoms with van der Waals surface area (Å²) in [6.07, 6.45) is 2.16. The van der Waals surface area contributed by atoms with Crippen molar-refractivity contribution in [1.29, 1.82) is 0 Å². The highest BCUT2D eigenvalue weighted by Gasteiger charge is 2.13. The first kappa shape index (κ1) is 12.8. The second-order valence-electron chi connectivity index (χ2n) is 3.56. The lowest BCUT2D eigenvalue weighted by atomic mass is 9.94. The number of rotatable bonds is 5. The third-order valence-corrected chi connectivity index (χ3v) is 2.97. The Balaban J connectivity index is 2.89. The molecule has 0 fully saturated rings. The van der Waals surface area contributed by atoms with E-state index in [0.29, 0.717) is 10.9 Å². The highest BCUT2D eigenvalue weighted by atomic mass is 35.5. The molecule has 3 N–H and O–H groups in total. The number of nitrogens with two attached hydrogens (primary N) is 1. The minimum Gasteiger partial charge on any atom is -0.271 e. The predicted molar refractivity (Wildman–Crippen MR) is 66.3 cm³/mol. The fourth-order valence-electron chi connectivity index (χ4n) is 1.69.